The van der Waals surface area contributed by atoms with Crippen LogP contribution in [-0.4, -0.2) is 12.2 Å². The molecule has 0 amide bonds. The Hall–Kier alpha value is -3.00. The van der Waals surface area contributed by atoms with Crippen molar-refractivity contribution >= 4 is 0 Å². The molecule has 190 valence electrons. The Bertz CT molecular complexity index is 741. The first-order valence-corrected chi connectivity index (χ1v) is 12.3. The zero-order chi connectivity index (χ0) is 26.8. The largest absolute Gasteiger partial charge is 0.508 e. The van der Waals surface area contributed by atoms with Crippen molar-refractivity contribution in [2.75, 3.05) is 7.11 Å². The average Bonchev–Trinajstić information content (AvgIpc) is 2.91. The standard InChI is InChI=1S/C10H14O.C10H14.C5H8O.C5H8.C2H6/c1-8(2)9-4-6-10(11-3)7-5-9;1-3-9-5-7-10(4-2)8-6-9;1-3-5(6)4-2;1-3-5-4-2;1-2/h4-8H,1-3H3;5-8H,3-4H2,1-2H3;3-4,6H,1H2,2H3;3-5H,1H2,2H3;1-2H3/b;;5-4+;5-4-;. The van der Waals surface area contributed by atoms with E-state index in [9.17, 15) is 0 Å². The minimum absolute atomic E-state index is 0.231. The van der Waals surface area contributed by atoms with Crippen LogP contribution in [0, 0.1) is 0 Å². The number of aliphatic hydroxyl groups excluding tert-OH is 1. The van der Waals surface area contributed by atoms with Crippen molar-refractivity contribution in [3.63, 3.8) is 0 Å². The number of ether oxygens (including phenoxy) is 1. The van der Waals surface area contributed by atoms with E-state index in [2.05, 4.69) is 77.3 Å². The SMILES string of the molecule is C=C/C(O)=C\C.C=C/C=C\C.CC.CCc1ccc(CC)cc1.COc1ccc(C(C)C)cc1. The Morgan fingerprint density at radius 3 is 1.50 bits per heavy atom. The lowest BCUT2D eigenvalue weighted by Crippen LogP contribution is -1.87. The molecule has 0 heterocycles. The molecule has 2 aromatic rings. The van der Waals surface area contributed by atoms with Crippen molar-refractivity contribution in [3.8, 4) is 5.75 Å². The maximum Gasteiger partial charge on any atom is 0.118 e. The quantitative estimate of drug-likeness (QED) is 0.339. The minimum atomic E-state index is 0.231. The molecule has 2 heteroatoms. The molecule has 0 spiro atoms. The normalized spacial score (nSPS) is 9.65. The number of aliphatic hydroxyl groups is 1. The van der Waals surface area contributed by atoms with E-state index in [1.54, 1.807) is 26.2 Å². The number of allylic oxidation sites excluding steroid dienone is 5. The molecule has 0 saturated heterocycles. The van der Waals surface area contributed by atoms with Gasteiger partial charge in [0.15, 0.2) is 0 Å². The molecule has 1 N–H and O–H groups in total. The molecule has 0 fully saturated rings. The highest BCUT2D eigenvalue weighted by Crippen LogP contribution is 2.17. The van der Waals surface area contributed by atoms with E-state index in [1.165, 1.54) is 22.8 Å². The molecular formula is C32H50O2. The van der Waals surface area contributed by atoms with E-state index in [0.717, 1.165) is 18.6 Å². The van der Waals surface area contributed by atoms with Gasteiger partial charge in [0, 0.05) is 0 Å². The lowest BCUT2D eigenvalue weighted by Gasteiger charge is -2.05. The van der Waals surface area contributed by atoms with Gasteiger partial charge >= 0.3 is 0 Å². The number of hydrogen-bond donors (Lipinski definition) is 1. The molecule has 0 bridgehead atoms. The van der Waals surface area contributed by atoms with Gasteiger partial charge in [-0.25, -0.2) is 0 Å². The smallest absolute Gasteiger partial charge is 0.118 e. The van der Waals surface area contributed by atoms with Gasteiger partial charge in [0.2, 0.25) is 0 Å². The lowest BCUT2D eigenvalue weighted by molar-refractivity contribution is 0.414. The van der Waals surface area contributed by atoms with Crippen LogP contribution in [0.2, 0.25) is 0 Å². The molecule has 2 nitrogen and oxygen atoms in total. The zero-order valence-corrected chi connectivity index (χ0v) is 23.3. The van der Waals surface area contributed by atoms with Crippen LogP contribution in [0.25, 0.3) is 0 Å². The number of methoxy groups -OCH3 is 1. The first kappa shape index (κ1) is 35.6. The van der Waals surface area contributed by atoms with Gasteiger partial charge in [-0.15, -0.1) is 0 Å². The average molecular weight is 467 g/mol. The highest BCUT2D eigenvalue weighted by Gasteiger charge is 1.97. The summed E-state index contributed by atoms with van der Waals surface area (Å²) in [6, 6.07) is 17.0. The maximum atomic E-state index is 8.41. The van der Waals surface area contributed by atoms with Crippen molar-refractivity contribution < 1.29 is 9.84 Å². The third-order valence-corrected chi connectivity index (χ3v) is 4.46. The fourth-order valence-electron chi connectivity index (χ4n) is 2.25. The summed E-state index contributed by atoms with van der Waals surface area (Å²) in [7, 11) is 1.68. The highest BCUT2D eigenvalue weighted by atomic mass is 16.5. The third-order valence-electron chi connectivity index (χ3n) is 4.46. The molecule has 0 radical (unpaired) electrons. The molecule has 0 unspecified atom stereocenters. The van der Waals surface area contributed by atoms with E-state index in [1.807, 2.05) is 45.1 Å². The Kier molecular flexibility index (Phi) is 27.5. The molecule has 2 rings (SSSR count). The van der Waals surface area contributed by atoms with Gasteiger partial charge < -0.3 is 9.84 Å². The van der Waals surface area contributed by atoms with Gasteiger partial charge in [-0.05, 0) is 73.6 Å². The van der Waals surface area contributed by atoms with Gasteiger partial charge in [-0.2, -0.15) is 0 Å². The first-order valence-electron chi connectivity index (χ1n) is 12.3. The summed E-state index contributed by atoms with van der Waals surface area (Å²) in [5, 5.41) is 8.41. The van der Waals surface area contributed by atoms with E-state index >= 15 is 0 Å². The van der Waals surface area contributed by atoms with Gasteiger partial charge in [0.25, 0.3) is 0 Å². The maximum absolute atomic E-state index is 8.41. The molecule has 0 aromatic heterocycles. The van der Waals surface area contributed by atoms with E-state index in [0.29, 0.717) is 5.92 Å². The van der Waals surface area contributed by atoms with Crippen LogP contribution in [0.1, 0.15) is 78.0 Å². The van der Waals surface area contributed by atoms with Crippen molar-refractivity contribution in [1.29, 1.82) is 0 Å². The Balaban J connectivity index is -0.000000385. The molecular weight excluding hydrogens is 416 g/mol. The van der Waals surface area contributed by atoms with Gasteiger partial charge in [-0.3, -0.25) is 0 Å². The molecule has 2 aromatic carbocycles. The lowest BCUT2D eigenvalue weighted by atomic mass is 10.0. The van der Waals surface area contributed by atoms with Crippen LogP contribution < -0.4 is 4.74 Å². The second kappa shape index (κ2) is 26.3. The van der Waals surface area contributed by atoms with Gasteiger partial charge in [0.05, 0.1) is 7.11 Å². The van der Waals surface area contributed by atoms with Gasteiger partial charge in [-0.1, -0.05) is 109 Å². The number of benzene rings is 2. The van der Waals surface area contributed by atoms with Gasteiger partial charge in [0.1, 0.15) is 11.5 Å². The fraction of sp³-hybridized carbons (Fsp3) is 0.375. The number of aryl methyl sites for hydroxylation is 2. The predicted octanol–water partition coefficient (Wildman–Crippen LogP) is 10.0. The monoisotopic (exact) mass is 466 g/mol. The van der Waals surface area contributed by atoms with Crippen molar-refractivity contribution in [2.24, 2.45) is 0 Å². The second-order valence-electron chi connectivity index (χ2n) is 7.13. The molecule has 0 aliphatic carbocycles. The predicted molar refractivity (Wildman–Crippen MR) is 155 cm³/mol. The molecule has 0 saturated carbocycles. The number of hydrogen-bond acceptors (Lipinski definition) is 2. The Labute approximate surface area is 211 Å². The van der Waals surface area contributed by atoms with Crippen LogP contribution in [-0.2, 0) is 12.8 Å². The minimum Gasteiger partial charge on any atom is -0.508 e. The Morgan fingerprint density at radius 1 is 0.882 bits per heavy atom. The fourth-order valence-corrected chi connectivity index (χ4v) is 2.25. The van der Waals surface area contributed by atoms with Crippen molar-refractivity contribution in [3.05, 3.63) is 115 Å². The second-order valence-corrected chi connectivity index (χ2v) is 7.13. The third kappa shape index (κ3) is 20.9. The van der Waals surface area contributed by atoms with Crippen molar-refractivity contribution in [1.82, 2.24) is 0 Å². The van der Waals surface area contributed by atoms with Crippen LogP contribution >= 0.6 is 0 Å². The molecule has 0 aliphatic heterocycles. The van der Waals surface area contributed by atoms with Crippen LogP contribution in [0.15, 0.2) is 97.8 Å². The summed E-state index contributed by atoms with van der Waals surface area (Å²) in [5.41, 5.74) is 4.21. The topological polar surface area (TPSA) is 29.5 Å². The van der Waals surface area contributed by atoms with Crippen LogP contribution in [0.3, 0.4) is 0 Å². The Morgan fingerprint density at radius 2 is 1.32 bits per heavy atom. The summed E-state index contributed by atoms with van der Waals surface area (Å²) in [6.45, 7) is 23.2. The van der Waals surface area contributed by atoms with E-state index < -0.39 is 0 Å². The zero-order valence-electron chi connectivity index (χ0n) is 23.3. The summed E-state index contributed by atoms with van der Waals surface area (Å²) in [6.07, 6.45) is 10.8. The summed E-state index contributed by atoms with van der Waals surface area (Å²) in [4.78, 5) is 0. The number of rotatable bonds is 6. The molecule has 0 atom stereocenters. The van der Waals surface area contributed by atoms with Crippen LogP contribution in [0.4, 0.5) is 0 Å². The molecule has 0 aliphatic rings. The molecule has 34 heavy (non-hydrogen) atoms. The summed E-state index contributed by atoms with van der Waals surface area (Å²) < 4.78 is 5.05. The van der Waals surface area contributed by atoms with Crippen molar-refractivity contribution in [2.45, 2.75) is 74.1 Å². The summed E-state index contributed by atoms with van der Waals surface area (Å²) in [5.74, 6) is 1.75. The first-order chi connectivity index (χ1) is 16.3. The highest BCUT2D eigenvalue weighted by molar-refractivity contribution is 5.28. The summed E-state index contributed by atoms with van der Waals surface area (Å²) >= 11 is 0. The van der Waals surface area contributed by atoms with Crippen LogP contribution in [0.5, 0.6) is 5.75 Å². The van der Waals surface area contributed by atoms with E-state index in [4.69, 9.17) is 9.84 Å². The van der Waals surface area contributed by atoms with E-state index in [-0.39, 0.29) is 5.76 Å².